The first-order valence-electron chi connectivity index (χ1n) is 8.21. The van der Waals surface area contributed by atoms with Gasteiger partial charge in [0.25, 0.3) is 0 Å². The number of nitrogens with two attached hydrogens (primary N) is 1. The van der Waals surface area contributed by atoms with E-state index in [1.54, 1.807) is 0 Å². The van der Waals surface area contributed by atoms with Crippen molar-refractivity contribution < 1.29 is 10.2 Å². The highest BCUT2D eigenvalue weighted by atomic mass is 16.3. The molecule has 0 aromatic heterocycles. The summed E-state index contributed by atoms with van der Waals surface area (Å²) in [4.78, 5) is 0. The van der Waals surface area contributed by atoms with Gasteiger partial charge in [-0.15, -0.1) is 0 Å². The van der Waals surface area contributed by atoms with Crippen LogP contribution in [0.25, 0.3) is 0 Å². The van der Waals surface area contributed by atoms with E-state index in [2.05, 4.69) is 0 Å². The maximum Gasteiger partial charge on any atom is 0.0582 e. The molecule has 0 bridgehead atoms. The molecule has 0 rings (SSSR count). The molecule has 2 unspecified atom stereocenters. The lowest BCUT2D eigenvalue weighted by atomic mass is 10.0. The van der Waals surface area contributed by atoms with E-state index in [-0.39, 0.29) is 18.8 Å². The van der Waals surface area contributed by atoms with Gasteiger partial charge in [0, 0.05) is 6.04 Å². The van der Waals surface area contributed by atoms with Gasteiger partial charge in [-0.05, 0) is 19.8 Å². The Hall–Kier alpha value is -0.120. The van der Waals surface area contributed by atoms with Crippen LogP contribution < -0.4 is 5.73 Å². The fraction of sp³-hybridized carbons (Fsp3) is 1.00. The zero-order valence-corrected chi connectivity index (χ0v) is 12.8. The van der Waals surface area contributed by atoms with Gasteiger partial charge in [-0.3, -0.25) is 0 Å². The third-order valence-electron chi connectivity index (χ3n) is 3.68. The van der Waals surface area contributed by atoms with Crippen LogP contribution in [0.3, 0.4) is 0 Å². The highest BCUT2D eigenvalue weighted by Gasteiger charge is 1.99. The van der Waals surface area contributed by atoms with Crippen molar-refractivity contribution in [3.63, 3.8) is 0 Å². The Balaban J connectivity index is 2.99. The van der Waals surface area contributed by atoms with Gasteiger partial charge >= 0.3 is 0 Å². The van der Waals surface area contributed by atoms with Crippen molar-refractivity contribution in [2.24, 2.45) is 5.73 Å². The molecule has 0 aromatic rings. The van der Waals surface area contributed by atoms with Crippen LogP contribution in [0.5, 0.6) is 0 Å². The van der Waals surface area contributed by atoms with Crippen LogP contribution in [0.1, 0.15) is 84.0 Å². The second-order valence-corrected chi connectivity index (χ2v) is 5.90. The lowest BCUT2D eigenvalue weighted by molar-refractivity contribution is 0.180. The second kappa shape index (κ2) is 14.3. The first-order valence-corrected chi connectivity index (χ1v) is 8.21. The Bertz CT molecular complexity index is 174. The van der Waals surface area contributed by atoms with E-state index < -0.39 is 0 Å². The Labute approximate surface area is 119 Å². The second-order valence-electron chi connectivity index (χ2n) is 5.90. The number of aliphatic hydroxyl groups excluding tert-OH is 2. The molecular formula is C16H35NO2. The van der Waals surface area contributed by atoms with E-state index in [0.29, 0.717) is 0 Å². The van der Waals surface area contributed by atoms with E-state index in [9.17, 15) is 0 Å². The summed E-state index contributed by atoms with van der Waals surface area (Å²) in [6.07, 6.45) is 14.6. The predicted molar refractivity (Wildman–Crippen MR) is 82.1 cm³/mol. The molecule has 0 aliphatic carbocycles. The van der Waals surface area contributed by atoms with Crippen LogP contribution in [0.2, 0.25) is 0 Å². The van der Waals surface area contributed by atoms with Crippen LogP contribution in [0.4, 0.5) is 0 Å². The van der Waals surface area contributed by atoms with E-state index in [1.165, 1.54) is 57.8 Å². The quantitative estimate of drug-likeness (QED) is 0.425. The summed E-state index contributed by atoms with van der Waals surface area (Å²) >= 11 is 0. The lowest BCUT2D eigenvalue weighted by Gasteiger charge is -2.07. The van der Waals surface area contributed by atoms with Crippen molar-refractivity contribution in [2.75, 3.05) is 6.61 Å². The molecule has 0 heterocycles. The van der Waals surface area contributed by atoms with Crippen molar-refractivity contribution in [3.8, 4) is 0 Å². The molecule has 19 heavy (non-hydrogen) atoms. The highest BCUT2D eigenvalue weighted by molar-refractivity contribution is 4.58. The van der Waals surface area contributed by atoms with Gasteiger partial charge in [-0.1, -0.05) is 64.2 Å². The standard InChI is InChI=1S/C16H35NO2/c1-15(19)12-10-8-6-4-2-3-5-7-9-11-13-16(17)14-18/h15-16,18-19H,2-14,17H2,1H3. The fourth-order valence-electron chi connectivity index (χ4n) is 2.35. The van der Waals surface area contributed by atoms with Gasteiger partial charge in [0.15, 0.2) is 0 Å². The molecule has 2 atom stereocenters. The molecular weight excluding hydrogens is 238 g/mol. The van der Waals surface area contributed by atoms with Crippen molar-refractivity contribution in [1.29, 1.82) is 0 Å². The minimum Gasteiger partial charge on any atom is -0.395 e. The van der Waals surface area contributed by atoms with Gasteiger partial charge in [-0.2, -0.15) is 0 Å². The Morgan fingerprint density at radius 3 is 1.47 bits per heavy atom. The number of aliphatic hydroxyl groups is 2. The van der Waals surface area contributed by atoms with E-state index in [0.717, 1.165) is 19.3 Å². The number of unbranched alkanes of at least 4 members (excludes halogenated alkanes) is 9. The predicted octanol–water partition coefficient (Wildman–Crippen LogP) is 3.37. The van der Waals surface area contributed by atoms with Gasteiger partial charge in [0.2, 0.25) is 0 Å². The summed E-state index contributed by atoms with van der Waals surface area (Å²) in [5, 5.41) is 17.9. The monoisotopic (exact) mass is 273 g/mol. The van der Waals surface area contributed by atoms with Crippen molar-refractivity contribution in [3.05, 3.63) is 0 Å². The van der Waals surface area contributed by atoms with Crippen LogP contribution in [-0.2, 0) is 0 Å². The van der Waals surface area contributed by atoms with Gasteiger partial charge < -0.3 is 15.9 Å². The SMILES string of the molecule is CC(O)CCCCCCCCCCCCC(N)CO. The normalized spacial score (nSPS) is 14.5. The van der Waals surface area contributed by atoms with E-state index in [4.69, 9.17) is 15.9 Å². The van der Waals surface area contributed by atoms with E-state index >= 15 is 0 Å². The summed E-state index contributed by atoms with van der Waals surface area (Å²) in [6.45, 7) is 1.99. The van der Waals surface area contributed by atoms with Crippen molar-refractivity contribution >= 4 is 0 Å². The molecule has 0 aliphatic heterocycles. The average molecular weight is 273 g/mol. The third kappa shape index (κ3) is 15.8. The summed E-state index contributed by atoms with van der Waals surface area (Å²) in [7, 11) is 0. The van der Waals surface area contributed by atoms with Crippen LogP contribution in [-0.4, -0.2) is 29.0 Å². The number of hydrogen-bond donors (Lipinski definition) is 3. The molecule has 0 spiro atoms. The molecule has 0 aliphatic rings. The molecule has 3 heteroatoms. The molecule has 4 N–H and O–H groups in total. The van der Waals surface area contributed by atoms with Crippen LogP contribution >= 0.6 is 0 Å². The smallest absolute Gasteiger partial charge is 0.0582 e. The maximum absolute atomic E-state index is 9.12. The van der Waals surface area contributed by atoms with Gasteiger partial charge in [0.05, 0.1) is 12.7 Å². The Kier molecular flexibility index (Phi) is 14.2. The van der Waals surface area contributed by atoms with Crippen LogP contribution in [0.15, 0.2) is 0 Å². The summed E-state index contributed by atoms with van der Waals surface area (Å²) < 4.78 is 0. The van der Waals surface area contributed by atoms with Crippen molar-refractivity contribution in [2.45, 2.75) is 96.1 Å². The third-order valence-corrected chi connectivity index (χ3v) is 3.68. The van der Waals surface area contributed by atoms with E-state index in [1.807, 2.05) is 6.92 Å². The first-order chi connectivity index (χ1) is 9.16. The topological polar surface area (TPSA) is 66.5 Å². The van der Waals surface area contributed by atoms with Crippen molar-refractivity contribution in [1.82, 2.24) is 0 Å². The molecule has 0 saturated carbocycles. The zero-order chi connectivity index (χ0) is 14.3. The first kappa shape index (κ1) is 18.9. The molecule has 0 saturated heterocycles. The molecule has 116 valence electrons. The minimum absolute atomic E-state index is 0.0124. The Morgan fingerprint density at radius 1 is 0.737 bits per heavy atom. The molecule has 0 radical (unpaired) electrons. The number of hydrogen-bond acceptors (Lipinski definition) is 3. The Morgan fingerprint density at radius 2 is 1.11 bits per heavy atom. The summed E-state index contributed by atoms with van der Waals surface area (Å²) in [5.74, 6) is 0. The minimum atomic E-state index is -0.126. The zero-order valence-electron chi connectivity index (χ0n) is 12.8. The lowest BCUT2D eigenvalue weighted by Crippen LogP contribution is -2.23. The maximum atomic E-state index is 9.12. The summed E-state index contributed by atoms with van der Waals surface area (Å²) in [6, 6.07) is -0.0124. The molecule has 3 nitrogen and oxygen atoms in total. The summed E-state index contributed by atoms with van der Waals surface area (Å²) in [5.41, 5.74) is 5.65. The van der Waals surface area contributed by atoms with Gasteiger partial charge in [0.1, 0.15) is 0 Å². The highest BCUT2D eigenvalue weighted by Crippen LogP contribution is 2.12. The number of rotatable bonds is 14. The molecule has 0 fully saturated rings. The van der Waals surface area contributed by atoms with Gasteiger partial charge in [-0.25, -0.2) is 0 Å². The molecule has 0 aromatic carbocycles. The fourth-order valence-corrected chi connectivity index (χ4v) is 2.35. The largest absolute Gasteiger partial charge is 0.395 e. The molecule has 0 amide bonds. The van der Waals surface area contributed by atoms with Crippen LogP contribution in [0, 0.1) is 0 Å². The average Bonchev–Trinajstić information content (AvgIpc) is 2.39.